The van der Waals surface area contributed by atoms with Crippen LogP contribution < -0.4 is 0 Å². The van der Waals surface area contributed by atoms with Crippen molar-refractivity contribution in [3.8, 4) is 0 Å². The quantitative estimate of drug-likeness (QED) is 0.0995. The Labute approximate surface area is 193 Å². The molecule has 2 nitrogen and oxygen atoms in total. The third-order valence-corrected chi connectivity index (χ3v) is 5.99. The molecule has 0 saturated heterocycles. The number of ether oxygens (including phenoxy) is 1. The first-order valence-corrected chi connectivity index (χ1v) is 12.3. The normalized spacial score (nSPS) is 12.8. The van der Waals surface area contributed by atoms with Crippen LogP contribution in [0.1, 0.15) is 143 Å². The van der Waals surface area contributed by atoms with Gasteiger partial charge in [0.25, 0.3) is 0 Å². The van der Waals surface area contributed by atoms with Crippen molar-refractivity contribution < 1.29 is 9.53 Å². The molecule has 1 unspecified atom stereocenters. The third kappa shape index (κ3) is 19.4. The Balaban J connectivity index is 0. The second kappa shape index (κ2) is 20.9. The van der Waals surface area contributed by atoms with Crippen LogP contribution in [0.4, 0.5) is 0 Å². The Morgan fingerprint density at radius 2 is 1.07 bits per heavy atom. The molecular weight excluding hydrogens is 424 g/mol. The van der Waals surface area contributed by atoms with Crippen molar-refractivity contribution in [1.82, 2.24) is 0 Å². The molecule has 174 valence electrons. The molecule has 0 aliphatic carbocycles. The average molecular weight is 476 g/mol. The van der Waals surface area contributed by atoms with E-state index in [1.807, 2.05) is 0 Å². The van der Waals surface area contributed by atoms with Gasteiger partial charge in [-0.2, -0.15) is 0 Å². The molecule has 0 aliphatic rings. The van der Waals surface area contributed by atoms with Gasteiger partial charge in [-0.15, -0.1) is 17.0 Å². The first kappa shape index (κ1) is 30.9. The van der Waals surface area contributed by atoms with Crippen molar-refractivity contribution in [2.45, 2.75) is 149 Å². The molecule has 0 heterocycles. The van der Waals surface area contributed by atoms with Crippen LogP contribution in [0.5, 0.6) is 0 Å². The molecule has 0 aromatic rings. The Morgan fingerprint density at radius 3 is 1.38 bits per heavy atom. The van der Waals surface area contributed by atoms with E-state index in [0.717, 1.165) is 19.3 Å². The number of unbranched alkanes of at least 4 members (excludes halogenated alkanes) is 15. The number of halogens is 1. The summed E-state index contributed by atoms with van der Waals surface area (Å²) in [4.78, 5) is 11.8. The maximum atomic E-state index is 11.8. The minimum absolute atomic E-state index is 0. The summed E-state index contributed by atoms with van der Waals surface area (Å²) in [5.41, 5.74) is 0.165. The Bertz CT molecular complexity index is 394. The van der Waals surface area contributed by atoms with Crippen LogP contribution in [0.25, 0.3) is 0 Å². The highest BCUT2D eigenvalue weighted by Gasteiger charge is 2.26. The maximum Gasteiger partial charge on any atom is 0.333 e. The molecule has 3 heteroatoms. The van der Waals surface area contributed by atoms with Gasteiger partial charge >= 0.3 is 5.97 Å². The molecule has 0 aliphatic heterocycles. The number of rotatable bonds is 20. The van der Waals surface area contributed by atoms with Crippen molar-refractivity contribution >= 4 is 23.0 Å². The molecule has 29 heavy (non-hydrogen) atoms. The molecule has 0 N–H and O–H groups in total. The zero-order valence-electron chi connectivity index (χ0n) is 20.2. The van der Waals surface area contributed by atoms with Gasteiger partial charge in [0.1, 0.15) is 5.60 Å². The molecular formula is C26H51BrO2. The summed E-state index contributed by atoms with van der Waals surface area (Å²) in [6.45, 7) is 11.8. The lowest BCUT2D eigenvalue weighted by Gasteiger charge is -2.28. The van der Waals surface area contributed by atoms with Gasteiger partial charge in [0.05, 0.1) is 0 Å². The third-order valence-electron chi connectivity index (χ3n) is 5.99. The predicted molar refractivity (Wildman–Crippen MR) is 134 cm³/mol. The second-order valence-electron chi connectivity index (χ2n) is 9.03. The summed E-state index contributed by atoms with van der Waals surface area (Å²) >= 11 is 0. The lowest BCUT2D eigenvalue weighted by Crippen LogP contribution is -2.31. The van der Waals surface area contributed by atoms with Gasteiger partial charge in [-0.3, -0.25) is 0 Å². The van der Waals surface area contributed by atoms with Crippen molar-refractivity contribution in [2.75, 3.05) is 0 Å². The van der Waals surface area contributed by atoms with Crippen molar-refractivity contribution in [3.63, 3.8) is 0 Å². The van der Waals surface area contributed by atoms with Crippen LogP contribution in [0, 0.1) is 0 Å². The number of esters is 1. The van der Waals surface area contributed by atoms with Crippen LogP contribution in [-0.2, 0) is 9.53 Å². The fourth-order valence-electron chi connectivity index (χ4n) is 3.66. The summed E-state index contributed by atoms with van der Waals surface area (Å²) in [6, 6.07) is 0. The lowest BCUT2D eigenvalue weighted by molar-refractivity contribution is -0.154. The summed E-state index contributed by atoms with van der Waals surface area (Å²) in [7, 11) is 0. The smallest absolute Gasteiger partial charge is 0.333 e. The van der Waals surface area contributed by atoms with Gasteiger partial charge in [-0.05, 0) is 33.1 Å². The fraction of sp³-hybridized carbons (Fsp3) is 0.885. The predicted octanol–water partition coefficient (Wildman–Crippen LogP) is 9.50. The summed E-state index contributed by atoms with van der Waals surface area (Å²) in [5.74, 6) is -0.249. The van der Waals surface area contributed by atoms with Crippen LogP contribution in [-0.4, -0.2) is 11.6 Å². The van der Waals surface area contributed by atoms with Crippen LogP contribution in [0.15, 0.2) is 12.2 Å². The molecule has 0 amide bonds. The van der Waals surface area contributed by atoms with Crippen LogP contribution in [0.3, 0.4) is 0 Å². The molecule has 0 spiro atoms. The number of hydrogen-bond donors (Lipinski definition) is 0. The van der Waals surface area contributed by atoms with Gasteiger partial charge in [-0.1, -0.05) is 117 Å². The van der Waals surface area contributed by atoms with Gasteiger partial charge in [0, 0.05) is 5.57 Å². The highest BCUT2D eigenvalue weighted by molar-refractivity contribution is 8.93. The first-order valence-electron chi connectivity index (χ1n) is 12.3. The van der Waals surface area contributed by atoms with Gasteiger partial charge in [-0.25, -0.2) is 4.79 Å². The Kier molecular flexibility index (Phi) is 22.3. The van der Waals surface area contributed by atoms with Crippen LogP contribution in [0.2, 0.25) is 0 Å². The summed E-state index contributed by atoms with van der Waals surface area (Å²) < 4.78 is 5.63. The Morgan fingerprint density at radius 1 is 0.724 bits per heavy atom. The molecule has 0 saturated carbocycles. The first-order chi connectivity index (χ1) is 13.4. The van der Waals surface area contributed by atoms with E-state index < -0.39 is 0 Å². The number of carbonyl (C=O) groups excluding carboxylic acids is 1. The highest BCUT2D eigenvalue weighted by Crippen LogP contribution is 2.25. The molecule has 0 fully saturated rings. The zero-order chi connectivity index (χ0) is 21.1. The standard InChI is InChI=1S/C26H50O2.BrH/c1-6-8-9-10-11-12-13-14-15-16-17-18-19-20-21-22-23-26(5,7-2)28-25(27)24(3)4;/h3,6-23H2,1-2,4-5H3;1H. The van der Waals surface area contributed by atoms with E-state index in [4.69, 9.17) is 4.74 Å². The maximum absolute atomic E-state index is 11.8. The molecule has 0 aromatic heterocycles. The van der Waals surface area contributed by atoms with E-state index in [1.54, 1.807) is 6.92 Å². The van der Waals surface area contributed by atoms with E-state index in [0.29, 0.717) is 5.57 Å². The monoisotopic (exact) mass is 474 g/mol. The summed E-state index contributed by atoms with van der Waals surface area (Å²) in [6.07, 6.45) is 23.9. The average Bonchev–Trinajstić information content (AvgIpc) is 2.67. The van der Waals surface area contributed by atoms with E-state index in [2.05, 4.69) is 27.4 Å². The minimum Gasteiger partial charge on any atom is -0.456 e. The Hall–Kier alpha value is -0.310. The van der Waals surface area contributed by atoms with E-state index in [-0.39, 0.29) is 28.6 Å². The molecule has 0 bridgehead atoms. The lowest BCUT2D eigenvalue weighted by atomic mass is 9.94. The fourth-order valence-corrected chi connectivity index (χ4v) is 3.66. The van der Waals surface area contributed by atoms with E-state index in [9.17, 15) is 4.79 Å². The van der Waals surface area contributed by atoms with Crippen molar-refractivity contribution in [1.29, 1.82) is 0 Å². The van der Waals surface area contributed by atoms with E-state index in [1.165, 1.54) is 96.3 Å². The number of carbonyl (C=O) groups is 1. The topological polar surface area (TPSA) is 26.3 Å². The summed E-state index contributed by atoms with van der Waals surface area (Å²) in [5, 5.41) is 0. The van der Waals surface area contributed by atoms with Gasteiger partial charge < -0.3 is 4.74 Å². The van der Waals surface area contributed by atoms with Crippen molar-refractivity contribution in [3.05, 3.63) is 12.2 Å². The zero-order valence-corrected chi connectivity index (χ0v) is 21.9. The van der Waals surface area contributed by atoms with Crippen molar-refractivity contribution in [2.24, 2.45) is 0 Å². The highest BCUT2D eigenvalue weighted by atomic mass is 79.9. The van der Waals surface area contributed by atoms with Gasteiger partial charge in [0.15, 0.2) is 0 Å². The molecule has 1 atom stereocenters. The second-order valence-corrected chi connectivity index (χ2v) is 9.03. The van der Waals surface area contributed by atoms with Crippen LogP contribution >= 0.6 is 17.0 Å². The molecule has 0 radical (unpaired) electrons. The SMILES string of the molecule is Br.C=C(C)C(=O)OC(C)(CC)CCCCCCCCCCCCCCCCCC. The van der Waals surface area contributed by atoms with E-state index >= 15 is 0 Å². The molecule has 0 aromatic carbocycles. The largest absolute Gasteiger partial charge is 0.456 e. The van der Waals surface area contributed by atoms with Gasteiger partial charge in [0.2, 0.25) is 0 Å². The minimum atomic E-state index is -0.327. The molecule has 0 rings (SSSR count). The number of hydrogen-bond acceptors (Lipinski definition) is 2.